The lowest BCUT2D eigenvalue weighted by Gasteiger charge is -2.17. The normalized spacial score (nSPS) is 12.6. The van der Waals surface area contributed by atoms with Crippen LogP contribution in [-0.2, 0) is 12.8 Å². The minimum absolute atomic E-state index is 0.600. The van der Waals surface area contributed by atoms with Crippen molar-refractivity contribution >= 4 is 87.5 Å². The molecule has 0 N–H and O–H groups in total. The maximum Gasteiger partial charge on any atom is 0.0963 e. The van der Waals surface area contributed by atoms with Gasteiger partial charge in [0.05, 0.1) is 55.2 Å². The van der Waals surface area contributed by atoms with Gasteiger partial charge in [0, 0.05) is 67.5 Å². The molecule has 0 saturated carbocycles. The molecule has 6 nitrogen and oxygen atoms in total. The third-order valence-electron chi connectivity index (χ3n) is 16.8. The van der Waals surface area contributed by atoms with Crippen molar-refractivity contribution in [2.45, 2.75) is 53.4 Å². The molecule has 6 heteroatoms. The zero-order valence-electron chi connectivity index (χ0n) is 45.8. The minimum atomic E-state index is 0.600. The van der Waals surface area contributed by atoms with Crippen molar-refractivity contribution in [3.63, 3.8) is 0 Å². The lowest BCUT2D eigenvalue weighted by atomic mass is 9.98. The molecular weight excluding hydrogens is 973 g/mol. The van der Waals surface area contributed by atoms with Gasteiger partial charge >= 0.3 is 0 Å². The molecule has 0 aliphatic heterocycles. The van der Waals surface area contributed by atoms with Gasteiger partial charge < -0.3 is 18.3 Å². The number of benzene rings is 9. The van der Waals surface area contributed by atoms with Crippen molar-refractivity contribution in [2.24, 2.45) is 11.8 Å². The Morgan fingerprint density at radius 3 is 1.21 bits per heavy atom. The summed E-state index contributed by atoms with van der Waals surface area (Å²) in [6.07, 6.45) is 8.25. The molecule has 0 amide bonds. The fourth-order valence-electron chi connectivity index (χ4n) is 12.5. The molecular formula is C74H62N6. The van der Waals surface area contributed by atoms with Crippen LogP contribution in [0.4, 0.5) is 0 Å². The first kappa shape index (κ1) is 48.8. The molecule has 0 radical (unpaired) electrons. The zero-order valence-corrected chi connectivity index (χ0v) is 45.8. The summed E-state index contributed by atoms with van der Waals surface area (Å²) < 4.78 is 9.56. The number of hydrogen-bond acceptors (Lipinski definition) is 2. The predicted octanol–water partition coefficient (Wildman–Crippen LogP) is 19.4. The van der Waals surface area contributed by atoms with Crippen molar-refractivity contribution < 1.29 is 0 Å². The number of fused-ring (bicyclic) bond motifs is 12. The maximum absolute atomic E-state index is 4.76. The zero-order chi connectivity index (χ0) is 53.8. The van der Waals surface area contributed by atoms with Crippen LogP contribution >= 0.6 is 0 Å². The second kappa shape index (κ2) is 20.4. The molecule has 0 bridgehead atoms. The summed E-state index contributed by atoms with van der Waals surface area (Å²) in [5.41, 5.74) is 21.5. The van der Waals surface area contributed by atoms with Crippen LogP contribution in [0.5, 0.6) is 0 Å². The maximum atomic E-state index is 4.76. The standard InChI is InChI=1S/C41H34N2.C33H28N4/c1-3-28(2)24-29-12-10-14-32(25-29)42-40-21-9-6-18-36(40)37-27-31(22-23-41(37)42)30-13-11-15-33(26-30)43-38-19-7-4-16-34(38)35-17-5-8-20-39(35)43;1-3-22(2)18-23-19-24(36-28-12-6-4-10-26(28)32-30(36)14-8-16-34-32)21-25(20-23)37-29-13-7-5-11-27(29)33-31(37)15-9-17-35-33/h4-23,25-28H,3,24H2,1-2H3;4-17,19-22H,3,18H2,1-2H3. The van der Waals surface area contributed by atoms with Gasteiger partial charge in [0.1, 0.15) is 0 Å². The van der Waals surface area contributed by atoms with E-state index in [1.807, 2.05) is 24.5 Å². The van der Waals surface area contributed by atoms with Gasteiger partial charge in [-0.05, 0) is 156 Å². The fraction of sp³-hybridized carbons (Fsp3) is 0.135. The lowest BCUT2D eigenvalue weighted by molar-refractivity contribution is 0.560. The first-order chi connectivity index (χ1) is 39.4. The largest absolute Gasteiger partial charge is 0.309 e. The van der Waals surface area contributed by atoms with Crippen molar-refractivity contribution in [3.8, 4) is 33.9 Å². The van der Waals surface area contributed by atoms with Crippen LogP contribution in [0.3, 0.4) is 0 Å². The van der Waals surface area contributed by atoms with Crippen LogP contribution < -0.4 is 0 Å². The van der Waals surface area contributed by atoms with E-state index >= 15 is 0 Å². The van der Waals surface area contributed by atoms with E-state index in [1.54, 1.807) is 0 Å². The fourth-order valence-corrected chi connectivity index (χ4v) is 12.5. The predicted molar refractivity (Wildman–Crippen MR) is 338 cm³/mol. The molecule has 6 heterocycles. The molecule has 80 heavy (non-hydrogen) atoms. The van der Waals surface area contributed by atoms with Crippen LogP contribution in [0.1, 0.15) is 51.7 Å². The molecule has 2 unspecified atom stereocenters. The number of aromatic nitrogens is 6. The average Bonchev–Trinajstić information content (AvgIpc) is 4.37. The summed E-state index contributed by atoms with van der Waals surface area (Å²) in [6.45, 7) is 9.22. The molecule has 15 rings (SSSR count). The average molecular weight is 1040 g/mol. The van der Waals surface area contributed by atoms with E-state index in [0.29, 0.717) is 11.8 Å². The summed E-state index contributed by atoms with van der Waals surface area (Å²) >= 11 is 0. The molecule has 0 aliphatic carbocycles. The van der Waals surface area contributed by atoms with Crippen LogP contribution in [0.2, 0.25) is 0 Å². The van der Waals surface area contributed by atoms with E-state index in [0.717, 1.165) is 52.7 Å². The number of pyridine rings is 2. The molecule has 9 aromatic carbocycles. The van der Waals surface area contributed by atoms with Gasteiger partial charge in [-0.1, -0.05) is 162 Å². The first-order valence-electron chi connectivity index (χ1n) is 28.5. The molecule has 0 spiro atoms. The smallest absolute Gasteiger partial charge is 0.0963 e. The second-order valence-electron chi connectivity index (χ2n) is 21.9. The number of rotatable bonds is 11. The van der Waals surface area contributed by atoms with E-state index in [-0.39, 0.29) is 0 Å². The van der Waals surface area contributed by atoms with Gasteiger partial charge in [-0.25, -0.2) is 0 Å². The van der Waals surface area contributed by atoms with Gasteiger partial charge in [0.25, 0.3) is 0 Å². The Morgan fingerprint density at radius 1 is 0.300 bits per heavy atom. The van der Waals surface area contributed by atoms with E-state index in [4.69, 9.17) is 9.97 Å². The van der Waals surface area contributed by atoms with E-state index in [9.17, 15) is 0 Å². The number of para-hydroxylation sites is 5. The third-order valence-corrected chi connectivity index (χ3v) is 16.8. The minimum Gasteiger partial charge on any atom is -0.309 e. The highest BCUT2D eigenvalue weighted by molar-refractivity contribution is 6.12. The van der Waals surface area contributed by atoms with Crippen LogP contribution in [0, 0.1) is 11.8 Å². The SMILES string of the molecule is CCC(C)Cc1cc(-n2c3ccccc3c3ncccc32)cc(-n2c3ccccc3c3ncccc32)c1.CCC(C)Cc1cccc(-n2c3ccccc3c3cc(-c4cccc(-n5c6ccccc6c6ccccc65)c4)ccc32)c1. The van der Waals surface area contributed by atoms with E-state index < -0.39 is 0 Å². The highest BCUT2D eigenvalue weighted by Crippen LogP contribution is 2.39. The molecule has 6 aromatic heterocycles. The Labute approximate surface area is 466 Å². The van der Waals surface area contributed by atoms with Crippen LogP contribution in [-0.4, -0.2) is 28.2 Å². The second-order valence-corrected chi connectivity index (χ2v) is 21.9. The van der Waals surface area contributed by atoms with Gasteiger partial charge in [-0.15, -0.1) is 0 Å². The van der Waals surface area contributed by atoms with Crippen molar-refractivity contribution in [3.05, 3.63) is 254 Å². The quantitative estimate of drug-likeness (QED) is 0.130. The molecule has 2 atom stereocenters. The summed E-state index contributed by atoms with van der Waals surface area (Å²) in [5, 5.41) is 7.48. The summed E-state index contributed by atoms with van der Waals surface area (Å²) in [7, 11) is 0. The summed E-state index contributed by atoms with van der Waals surface area (Å²) in [4.78, 5) is 9.52. The Kier molecular flexibility index (Phi) is 12.4. The Balaban J connectivity index is 0.000000146. The number of nitrogens with zero attached hydrogens (tertiary/aromatic N) is 6. The lowest BCUT2D eigenvalue weighted by Crippen LogP contribution is -2.04. The van der Waals surface area contributed by atoms with Crippen LogP contribution in [0.15, 0.2) is 243 Å². The topological polar surface area (TPSA) is 45.5 Å². The first-order valence-corrected chi connectivity index (χ1v) is 28.5. The Bertz CT molecular complexity index is 4520. The van der Waals surface area contributed by atoms with Crippen LogP contribution in [0.25, 0.3) is 121 Å². The van der Waals surface area contributed by atoms with Crippen molar-refractivity contribution in [2.75, 3.05) is 0 Å². The highest BCUT2D eigenvalue weighted by Gasteiger charge is 2.20. The molecule has 0 aliphatic rings. The van der Waals surface area contributed by atoms with Crippen molar-refractivity contribution in [1.29, 1.82) is 0 Å². The monoisotopic (exact) mass is 1030 g/mol. The summed E-state index contributed by atoms with van der Waals surface area (Å²) in [6, 6.07) is 83.8. The van der Waals surface area contributed by atoms with Gasteiger partial charge in [0.15, 0.2) is 0 Å². The van der Waals surface area contributed by atoms with Gasteiger partial charge in [0.2, 0.25) is 0 Å². The molecule has 388 valence electrons. The van der Waals surface area contributed by atoms with Gasteiger partial charge in [-0.2, -0.15) is 0 Å². The Hall–Kier alpha value is -9.52. The molecule has 0 saturated heterocycles. The Morgan fingerprint density at radius 2 is 0.688 bits per heavy atom. The number of hydrogen-bond donors (Lipinski definition) is 0. The van der Waals surface area contributed by atoms with E-state index in [1.165, 1.54) is 105 Å². The highest BCUT2D eigenvalue weighted by atomic mass is 15.0. The molecule has 15 aromatic rings. The molecule has 0 fully saturated rings. The van der Waals surface area contributed by atoms with Gasteiger partial charge in [-0.3, -0.25) is 9.97 Å². The summed E-state index contributed by atoms with van der Waals surface area (Å²) in [5.74, 6) is 1.27. The van der Waals surface area contributed by atoms with Crippen molar-refractivity contribution in [1.82, 2.24) is 28.2 Å². The van der Waals surface area contributed by atoms with E-state index in [2.05, 4.69) is 264 Å². The third kappa shape index (κ3) is 8.42.